The first-order valence-electron chi connectivity index (χ1n) is 7.33. The van der Waals surface area contributed by atoms with Crippen LogP contribution in [0.5, 0.6) is 0 Å². The smallest absolute Gasteiger partial charge is 0.328 e. The lowest BCUT2D eigenvalue weighted by molar-refractivity contribution is -0.154. The third-order valence-corrected chi connectivity index (χ3v) is 4.04. The third-order valence-electron chi connectivity index (χ3n) is 4.04. The lowest BCUT2D eigenvalue weighted by atomic mass is 10.1. The van der Waals surface area contributed by atoms with Crippen molar-refractivity contribution in [1.82, 2.24) is 9.80 Å². The first-order valence-corrected chi connectivity index (χ1v) is 7.33. The Labute approximate surface area is 119 Å². The van der Waals surface area contributed by atoms with E-state index in [1.54, 1.807) is 16.7 Å². The summed E-state index contributed by atoms with van der Waals surface area (Å²) >= 11 is 0. The average molecular weight is 282 g/mol. The molecule has 6 heteroatoms. The quantitative estimate of drug-likeness (QED) is 0.700. The zero-order valence-electron chi connectivity index (χ0n) is 12.1. The van der Waals surface area contributed by atoms with Crippen molar-refractivity contribution in [3.63, 3.8) is 0 Å². The number of likely N-dealkylation sites (tertiary alicyclic amines) is 2. The molecule has 0 bridgehead atoms. The minimum atomic E-state index is -0.465. The van der Waals surface area contributed by atoms with Crippen LogP contribution in [-0.2, 0) is 19.1 Å². The highest BCUT2D eigenvalue weighted by molar-refractivity contribution is 5.92. The summed E-state index contributed by atoms with van der Waals surface area (Å²) in [5, 5.41) is 0. The van der Waals surface area contributed by atoms with E-state index in [2.05, 4.69) is 0 Å². The van der Waals surface area contributed by atoms with Gasteiger partial charge in [-0.1, -0.05) is 0 Å². The molecular weight excluding hydrogens is 260 g/mol. The van der Waals surface area contributed by atoms with Crippen LogP contribution < -0.4 is 0 Å². The summed E-state index contributed by atoms with van der Waals surface area (Å²) in [7, 11) is 0. The number of esters is 1. The van der Waals surface area contributed by atoms with E-state index in [1.165, 1.54) is 0 Å². The largest absolute Gasteiger partial charge is 0.464 e. The summed E-state index contributed by atoms with van der Waals surface area (Å²) in [5.41, 5.74) is 0. The van der Waals surface area contributed by atoms with Crippen molar-refractivity contribution >= 4 is 17.8 Å². The van der Waals surface area contributed by atoms with Crippen LogP contribution in [-0.4, -0.2) is 59.9 Å². The van der Waals surface area contributed by atoms with Crippen molar-refractivity contribution < 1.29 is 19.1 Å². The van der Waals surface area contributed by atoms with Crippen molar-refractivity contribution in [2.24, 2.45) is 5.92 Å². The van der Waals surface area contributed by atoms with Crippen LogP contribution in [0.2, 0.25) is 0 Å². The predicted molar refractivity (Wildman–Crippen MR) is 71.7 cm³/mol. The molecule has 2 amide bonds. The maximum Gasteiger partial charge on any atom is 0.328 e. The second kappa shape index (κ2) is 6.24. The van der Waals surface area contributed by atoms with E-state index in [9.17, 15) is 14.4 Å². The molecule has 2 unspecified atom stereocenters. The summed E-state index contributed by atoms with van der Waals surface area (Å²) in [6, 6.07) is -0.465. The van der Waals surface area contributed by atoms with Crippen LogP contribution >= 0.6 is 0 Å². The average Bonchev–Trinajstić information content (AvgIpc) is 3.04. The number of carbonyl (C=O) groups excluding carboxylic acids is 3. The molecule has 2 rings (SSSR count). The van der Waals surface area contributed by atoms with E-state index in [0.717, 1.165) is 6.42 Å². The molecule has 0 aromatic heterocycles. The molecule has 6 nitrogen and oxygen atoms in total. The lowest BCUT2D eigenvalue weighted by Gasteiger charge is -2.25. The third kappa shape index (κ3) is 2.78. The molecule has 2 fully saturated rings. The van der Waals surface area contributed by atoms with Gasteiger partial charge >= 0.3 is 5.97 Å². The molecule has 0 radical (unpaired) electrons. The second-order valence-electron chi connectivity index (χ2n) is 5.28. The van der Waals surface area contributed by atoms with Gasteiger partial charge in [-0.15, -0.1) is 0 Å². The number of carbonyl (C=O) groups is 3. The summed E-state index contributed by atoms with van der Waals surface area (Å²) in [6.07, 6.45) is 1.73. The van der Waals surface area contributed by atoms with Crippen molar-refractivity contribution in [3.8, 4) is 0 Å². The maximum absolute atomic E-state index is 12.5. The van der Waals surface area contributed by atoms with Crippen LogP contribution in [0.4, 0.5) is 0 Å². The van der Waals surface area contributed by atoms with Gasteiger partial charge < -0.3 is 14.5 Å². The molecular formula is C14H22N2O4. The van der Waals surface area contributed by atoms with Crippen molar-refractivity contribution in [3.05, 3.63) is 0 Å². The van der Waals surface area contributed by atoms with Gasteiger partial charge in [0.05, 0.1) is 12.5 Å². The van der Waals surface area contributed by atoms with Crippen molar-refractivity contribution in [2.75, 3.05) is 26.2 Å². The summed E-state index contributed by atoms with van der Waals surface area (Å²) in [5.74, 6) is -0.685. The maximum atomic E-state index is 12.5. The zero-order valence-corrected chi connectivity index (χ0v) is 12.1. The van der Waals surface area contributed by atoms with Gasteiger partial charge in [-0.05, 0) is 26.7 Å². The first kappa shape index (κ1) is 14.8. The van der Waals surface area contributed by atoms with E-state index in [-0.39, 0.29) is 30.1 Å². The van der Waals surface area contributed by atoms with E-state index >= 15 is 0 Å². The standard InChI is InChI=1S/C14H22N2O4/c1-3-15-9-10(8-12(15)17)13(18)16-7-5-6-11(16)14(19)20-4-2/h10-11H,3-9H2,1-2H3. The Hall–Kier alpha value is -1.59. The summed E-state index contributed by atoms with van der Waals surface area (Å²) in [6.45, 7) is 5.67. The number of ether oxygens (including phenoxy) is 1. The number of nitrogens with zero attached hydrogens (tertiary/aromatic N) is 2. The van der Waals surface area contributed by atoms with Gasteiger partial charge in [-0.2, -0.15) is 0 Å². The zero-order chi connectivity index (χ0) is 14.7. The van der Waals surface area contributed by atoms with Crippen LogP contribution in [0, 0.1) is 5.92 Å². The number of rotatable bonds is 4. The van der Waals surface area contributed by atoms with Gasteiger partial charge in [0.25, 0.3) is 0 Å². The Morgan fingerprint density at radius 3 is 2.70 bits per heavy atom. The van der Waals surface area contributed by atoms with Crippen LogP contribution in [0.1, 0.15) is 33.1 Å². The molecule has 0 aromatic rings. The van der Waals surface area contributed by atoms with Gasteiger partial charge in [-0.3, -0.25) is 9.59 Å². The normalized spacial score (nSPS) is 26.2. The lowest BCUT2D eigenvalue weighted by Crippen LogP contribution is -2.44. The van der Waals surface area contributed by atoms with Crippen LogP contribution in [0.25, 0.3) is 0 Å². The Morgan fingerprint density at radius 2 is 2.10 bits per heavy atom. The van der Waals surface area contributed by atoms with E-state index in [0.29, 0.717) is 32.7 Å². The summed E-state index contributed by atoms with van der Waals surface area (Å²) in [4.78, 5) is 39.4. The Morgan fingerprint density at radius 1 is 1.35 bits per heavy atom. The topological polar surface area (TPSA) is 66.9 Å². The Bertz CT molecular complexity index is 410. The van der Waals surface area contributed by atoms with Crippen molar-refractivity contribution in [2.45, 2.75) is 39.2 Å². The van der Waals surface area contributed by atoms with Gasteiger partial charge in [0, 0.05) is 26.1 Å². The Kier molecular flexibility index (Phi) is 4.62. The molecule has 112 valence electrons. The van der Waals surface area contributed by atoms with E-state index in [1.807, 2.05) is 6.92 Å². The molecule has 0 saturated carbocycles. The van der Waals surface area contributed by atoms with Gasteiger partial charge in [0.2, 0.25) is 11.8 Å². The van der Waals surface area contributed by atoms with Gasteiger partial charge in [0.15, 0.2) is 0 Å². The molecule has 0 N–H and O–H groups in total. The van der Waals surface area contributed by atoms with Crippen LogP contribution in [0.3, 0.4) is 0 Å². The highest BCUT2D eigenvalue weighted by atomic mass is 16.5. The minimum absolute atomic E-state index is 0.0257. The fourth-order valence-electron chi connectivity index (χ4n) is 2.99. The SMILES string of the molecule is CCOC(=O)C1CCCN1C(=O)C1CC(=O)N(CC)C1. The summed E-state index contributed by atoms with van der Waals surface area (Å²) < 4.78 is 5.02. The molecule has 0 aliphatic carbocycles. The first-order chi connectivity index (χ1) is 9.58. The molecule has 2 atom stereocenters. The van der Waals surface area contributed by atoms with Gasteiger partial charge in [-0.25, -0.2) is 4.79 Å². The van der Waals surface area contributed by atoms with Crippen LogP contribution in [0.15, 0.2) is 0 Å². The van der Waals surface area contributed by atoms with Crippen molar-refractivity contribution in [1.29, 1.82) is 0 Å². The number of hydrogen-bond acceptors (Lipinski definition) is 4. The number of amides is 2. The molecule has 2 heterocycles. The highest BCUT2D eigenvalue weighted by Gasteiger charge is 2.41. The molecule has 20 heavy (non-hydrogen) atoms. The predicted octanol–water partition coefficient (Wildman–Crippen LogP) is 0.409. The van der Waals surface area contributed by atoms with E-state index < -0.39 is 6.04 Å². The fraction of sp³-hybridized carbons (Fsp3) is 0.786. The molecule has 2 saturated heterocycles. The molecule has 2 aliphatic rings. The minimum Gasteiger partial charge on any atom is -0.464 e. The monoisotopic (exact) mass is 282 g/mol. The second-order valence-corrected chi connectivity index (χ2v) is 5.28. The molecule has 2 aliphatic heterocycles. The highest BCUT2D eigenvalue weighted by Crippen LogP contribution is 2.25. The molecule has 0 spiro atoms. The Balaban J connectivity index is 2.01. The fourth-order valence-corrected chi connectivity index (χ4v) is 2.99. The number of hydrogen-bond donors (Lipinski definition) is 0. The van der Waals surface area contributed by atoms with Gasteiger partial charge in [0.1, 0.15) is 6.04 Å². The van der Waals surface area contributed by atoms with E-state index in [4.69, 9.17) is 4.74 Å². The molecule has 0 aromatic carbocycles.